The Morgan fingerprint density at radius 1 is 0.586 bits per heavy atom. The predicted molar refractivity (Wildman–Crippen MR) is 132 cm³/mol. The van der Waals surface area contributed by atoms with E-state index in [0.717, 1.165) is 43.7 Å². The molecule has 170 valence electrons. The summed E-state index contributed by atoms with van der Waals surface area (Å²) >= 11 is -1.73. The molecule has 0 heterocycles. The molecule has 0 saturated carbocycles. The Morgan fingerprint density at radius 2 is 0.828 bits per heavy atom. The van der Waals surface area contributed by atoms with Crippen molar-refractivity contribution in [2.45, 2.75) is 80.1 Å². The minimum absolute atomic E-state index is 0. The summed E-state index contributed by atoms with van der Waals surface area (Å²) in [7, 11) is 0. The van der Waals surface area contributed by atoms with Gasteiger partial charge >= 0.3 is 73.9 Å². The SMILES string of the molecule is CCC[N-]CCC.CCC[N-]CCC.CCC[N-]CCC.[F][GeH2][c-]1cccc1.[Hf+4]. The molecule has 0 aliphatic heterocycles. The largest absolute Gasteiger partial charge is 4.00 e. The maximum Gasteiger partial charge on any atom is 4.00 e. The fraction of sp³-hybridized carbons (Fsp3) is 0.783. The van der Waals surface area contributed by atoms with Gasteiger partial charge in [-0.2, -0.15) is 0 Å². The van der Waals surface area contributed by atoms with Gasteiger partial charge in [-0.25, -0.2) is 0 Å². The second-order valence-electron chi connectivity index (χ2n) is 6.44. The Morgan fingerprint density at radius 3 is 0.966 bits per heavy atom. The molecule has 0 saturated heterocycles. The van der Waals surface area contributed by atoms with Crippen LogP contribution in [0.25, 0.3) is 16.0 Å². The average molecular weight is 637 g/mol. The summed E-state index contributed by atoms with van der Waals surface area (Å²) in [6, 6.07) is 7.44. The third-order valence-corrected chi connectivity index (χ3v) is 4.81. The van der Waals surface area contributed by atoms with Crippen LogP contribution in [0, 0.1) is 0 Å². The van der Waals surface area contributed by atoms with Gasteiger partial charge in [-0.3, -0.25) is 0 Å². The molecule has 0 aliphatic carbocycles. The van der Waals surface area contributed by atoms with E-state index >= 15 is 0 Å². The van der Waals surface area contributed by atoms with E-state index in [-0.39, 0.29) is 25.8 Å². The zero-order chi connectivity index (χ0) is 21.7. The number of hydrogen-bond acceptors (Lipinski definition) is 0. The Kier molecular flexibility index (Phi) is 49.8. The number of halogens is 1. The molecule has 0 fully saturated rings. The van der Waals surface area contributed by atoms with Crippen LogP contribution in [-0.4, -0.2) is 55.2 Å². The van der Waals surface area contributed by atoms with Crippen LogP contribution >= 0.6 is 0 Å². The molecule has 1 aromatic rings. The first-order valence-electron chi connectivity index (χ1n) is 11.3. The van der Waals surface area contributed by atoms with Crippen molar-refractivity contribution in [1.29, 1.82) is 0 Å². The molecule has 0 aliphatic rings. The summed E-state index contributed by atoms with van der Waals surface area (Å²) in [5, 5.41) is 12.6. The van der Waals surface area contributed by atoms with Gasteiger partial charge in [-0.05, 0) is 0 Å². The molecule has 0 atom stereocenters. The van der Waals surface area contributed by atoms with Crippen LogP contribution in [0.2, 0.25) is 0 Å². The van der Waals surface area contributed by atoms with Crippen molar-refractivity contribution in [2.24, 2.45) is 0 Å². The second kappa shape index (κ2) is 39.1. The van der Waals surface area contributed by atoms with Crippen molar-refractivity contribution in [3.8, 4) is 0 Å². The average Bonchev–Trinajstić information content (AvgIpc) is 3.25. The fourth-order valence-electron chi connectivity index (χ4n) is 1.79. The molecule has 0 amide bonds. The molecular weight excluding hydrogens is 588 g/mol. The van der Waals surface area contributed by atoms with Crippen LogP contribution in [0.3, 0.4) is 0 Å². The number of hydrogen-bond donors (Lipinski definition) is 0. The quantitative estimate of drug-likeness (QED) is 0.133. The summed E-state index contributed by atoms with van der Waals surface area (Å²) in [6.45, 7) is 19.2. The van der Waals surface area contributed by atoms with Crippen molar-refractivity contribution >= 4 is 20.3 Å². The van der Waals surface area contributed by atoms with Crippen LogP contribution in [0.4, 0.5) is 3.50 Å². The van der Waals surface area contributed by atoms with Gasteiger partial charge in [0, 0.05) is 0 Å². The summed E-state index contributed by atoms with van der Waals surface area (Å²) < 4.78 is 12.7. The van der Waals surface area contributed by atoms with Gasteiger partial charge < -0.3 is 16.0 Å². The molecule has 0 radical (unpaired) electrons. The van der Waals surface area contributed by atoms with E-state index in [4.69, 9.17) is 0 Å². The molecule has 0 unspecified atom stereocenters. The third-order valence-electron chi connectivity index (χ3n) is 3.18. The fourth-order valence-corrected chi connectivity index (χ4v) is 2.73. The Balaban J connectivity index is -0.000000142. The summed E-state index contributed by atoms with van der Waals surface area (Å²) in [6.07, 6.45) is 7.17. The molecule has 1 aromatic carbocycles. The first-order valence-corrected chi connectivity index (χ1v) is 13.9. The smallest absolute Gasteiger partial charge is 4.00 e. The minimum Gasteiger partial charge on any atom is 4.00 e. The van der Waals surface area contributed by atoms with Gasteiger partial charge in [-0.15, -0.1) is 39.3 Å². The molecule has 6 heteroatoms. The Bertz CT molecular complexity index is 292. The van der Waals surface area contributed by atoms with Gasteiger partial charge in [0.2, 0.25) is 0 Å². The molecule has 0 bridgehead atoms. The number of nitrogens with zero attached hydrogens (tertiary/aromatic N) is 3. The van der Waals surface area contributed by atoms with E-state index < -0.39 is 15.9 Å². The summed E-state index contributed by atoms with van der Waals surface area (Å²) in [4.78, 5) is 0. The standard InChI is InChI=1S/3C6H14N.C5H6FGe.Hf/c3*1-3-5-7-6-4-2;6-7-5-3-1-2-4-5;/h3*3-6H2,1-2H3;1-4H,7H2;/q4*-1;+4. The van der Waals surface area contributed by atoms with Crippen LogP contribution < -0.4 is 4.40 Å². The van der Waals surface area contributed by atoms with Gasteiger partial charge in [0.25, 0.3) is 0 Å². The van der Waals surface area contributed by atoms with Crippen molar-refractivity contribution < 1.29 is 29.3 Å². The molecule has 1 rings (SSSR count). The molecular formula is C23H48FGeHfN3. The molecule has 29 heavy (non-hydrogen) atoms. The zero-order valence-corrected chi connectivity index (χ0v) is 26.8. The minimum atomic E-state index is -1.73. The van der Waals surface area contributed by atoms with Gasteiger partial charge in [-0.1, -0.05) is 80.1 Å². The maximum absolute atomic E-state index is 11.7. The second-order valence-corrected chi connectivity index (χ2v) is 8.71. The van der Waals surface area contributed by atoms with Crippen molar-refractivity contribution in [2.75, 3.05) is 39.3 Å². The maximum atomic E-state index is 11.7. The van der Waals surface area contributed by atoms with Crippen molar-refractivity contribution in [1.82, 2.24) is 0 Å². The van der Waals surface area contributed by atoms with Crippen molar-refractivity contribution in [3.05, 3.63) is 40.2 Å². The molecule has 0 spiro atoms. The van der Waals surface area contributed by atoms with Crippen LogP contribution in [0.1, 0.15) is 80.1 Å². The van der Waals surface area contributed by atoms with Gasteiger partial charge in [0.15, 0.2) is 0 Å². The van der Waals surface area contributed by atoms with Crippen LogP contribution in [0.15, 0.2) is 24.3 Å². The van der Waals surface area contributed by atoms with Gasteiger partial charge in [0.1, 0.15) is 0 Å². The first-order chi connectivity index (χ1) is 13.7. The topological polar surface area (TPSA) is 42.3 Å². The molecule has 3 nitrogen and oxygen atoms in total. The zero-order valence-electron chi connectivity index (χ0n) is 20.2. The molecule has 0 N–H and O–H groups in total. The van der Waals surface area contributed by atoms with E-state index in [1.54, 1.807) is 0 Å². The van der Waals surface area contributed by atoms with Crippen LogP contribution in [0.5, 0.6) is 0 Å². The Labute approximate surface area is 208 Å². The normalized spacial score (nSPS) is 9.48. The Hall–Kier alpha value is 0.573. The van der Waals surface area contributed by atoms with E-state index in [9.17, 15) is 3.50 Å². The number of rotatable bonds is 13. The van der Waals surface area contributed by atoms with E-state index in [1.165, 1.54) is 38.5 Å². The van der Waals surface area contributed by atoms with E-state index in [1.807, 2.05) is 24.3 Å². The first kappa shape index (κ1) is 36.9. The van der Waals surface area contributed by atoms with Gasteiger partial charge in [0.05, 0.1) is 0 Å². The monoisotopic (exact) mass is 639 g/mol. The third kappa shape index (κ3) is 43.4. The molecule has 0 aromatic heterocycles. The van der Waals surface area contributed by atoms with Crippen molar-refractivity contribution in [3.63, 3.8) is 0 Å². The predicted octanol–water partition coefficient (Wildman–Crippen LogP) is 6.62. The van der Waals surface area contributed by atoms with E-state index in [0.29, 0.717) is 0 Å². The summed E-state index contributed by atoms with van der Waals surface area (Å²) in [5.41, 5.74) is 0. The summed E-state index contributed by atoms with van der Waals surface area (Å²) in [5.74, 6) is 0. The van der Waals surface area contributed by atoms with E-state index in [2.05, 4.69) is 57.5 Å². The van der Waals surface area contributed by atoms with Crippen LogP contribution in [-0.2, 0) is 25.8 Å².